The second-order valence-corrected chi connectivity index (χ2v) is 7.13. The maximum atomic E-state index is 12.7. The number of halogens is 1. The third-order valence-corrected chi connectivity index (χ3v) is 5.63. The van der Waals surface area contributed by atoms with Crippen LogP contribution in [0.5, 0.6) is 5.75 Å². The molecule has 1 aliphatic heterocycles. The summed E-state index contributed by atoms with van der Waals surface area (Å²) in [6.07, 6.45) is 0.719. The van der Waals surface area contributed by atoms with Gasteiger partial charge in [0.1, 0.15) is 12.4 Å². The van der Waals surface area contributed by atoms with Gasteiger partial charge in [-0.1, -0.05) is 0 Å². The Morgan fingerprint density at radius 2 is 1.86 bits per heavy atom. The van der Waals surface area contributed by atoms with Crippen molar-refractivity contribution >= 4 is 10.0 Å². The van der Waals surface area contributed by atoms with Gasteiger partial charge in [0.15, 0.2) is 0 Å². The first-order valence-electron chi connectivity index (χ1n) is 7.59. The molecule has 0 atom stereocenters. The summed E-state index contributed by atoms with van der Waals surface area (Å²) in [5.41, 5.74) is 0. The van der Waals surface area contributed by atoms with Crippen molar-refractivity contribution < 1.29 is 17.5 Å². The van der Waals surface area contributed by atoms with Gasteiger partial charge in [-0.25, -0.2) is 12.8 Å². The van der Waals surface area contributed by atoms with Crippen LogP contribution in [0.4, 0.5) is 4.39 Å². The molecule has 0 aliphatic carbocycles. The maximum Gasteiger partial charge on any atom is 0.243 e. The van der Waals surface area contributed by atoms with Crippen LogP contribution in [0.15, 0.2) is 29.2 Å². The predicted molar refractivity (Wildman–Crippen MR) is 83.4 cm³/mol. The number of benzene rings is 1. The van der Waals surface area contributed by atoms with Crippen molar-refractivity contribution in [3.05, 3.63) is 24.3 Å². The van der Waals surface area contributed by atoms with Crippen LogP contribution in [-0.2, 0) is 10.0 Å². The molecule has 1 aliphatic rings. The summed E-state index contributed by atoms with van der Waals surface area (Å²) in [5.74, 6) is 0.659. The van der Waals surface area contributed by atoms with Crippen LogP contribution in [0.3, 0.4) is 0 Å². The molecule has 1 aromatic rings. The molecule has 1 aromatic carbocycles. The Labute approximate surface area is 131 Å². The molecule has 5 nitrogen and oxygen atoms in total. The van der Waals surface area contributed by atoms with E-state index in [2.05, 4.69) is 0 Å². The van der Waals surface area contributed by atoms with E-state index in [0.717, 1.165) is 13.0 Å². The molecular formula is C15H23FN2O3S. The van der Waals surface area contributed by atoms with Crippen LogP contribution in [0.2, 0.25) is 0 Å². The van der Waals surface area contributed by atoms with Crippen molar-refractivity contribution in [3.63, 3.8) is 0 Å². The number of hydrogen-bond donors (Lipinski definition) is 0. The monoisotopic (exact) mass is 330 g/mol. The molecule has 22 heavy (non-hydrogen) atoms. The molecule has 0 unspecified atom stereocenters. The smallest absolute Gasteiger partial charge is 0.243 e. The Bertz CT molecular complexity index is 563. The molecule has 0 amide bonds. The van der Waals surface area contributed by atoms with Crippen molar-refractivity contribution in [2.45, 2.75) is 18.2 Å². The van der Waals surface area contributed by atoms with Crippen LogP contribution >= 0.6 is 0 Å². The standard InChI is InChI=1S/C15H23FN2O3S/c1-2-21-14-4-6-15(7-5-14)22(19,20)18-10-3-9-17(11-8-16)12-13-18/h4-7H,2-3,8-13H2,1H3. The average molecular weight is 330 g/mol. The zero-order valence-electron chi connectivity index (χ0n) is 12.9. The van der Waals surface area contributed by atoms with Gasteiger partial charge in [-0.2, -0.15) is 4.31 Å². The van der Waals surface area contributed by atoms with Crippen molar-refractivity contribution in [3.8, 4) is 5.75 Å². The molecule has 0 N–H and O–H groups in total. The van der Waals surface area contributed by atoms with Crippen molar-refractivity contribution in [2.75, 3.05) is 46.0 Å². The SMILES string of the molecule is CCOc1ccc(S(=O)(=O)N2CCCN(CCF)CC2)cc1. The number of nitrogens with zero attached hydrogens (tertiary/aromatic N) is 2. The van der Waals surface area contributed by atoms with Gasteiger partial charge in [0.2, 0.25) is 10.0 Å². The quantitative estimate of drug-likeness (QED) is 0.797. The predicted octanol–water partition coefficient (Wildman–Crippen LogP) is 1.75. The van der Waals surface area contributed by atoms with E-state index in [1.165, 1.54) is 4.31 Å². The Morgan fingerprint density at radius 3 is 2.50 bits per heavy atom. The normalized spacial score (nSPS) is 18.1. The highest BCUT2D eigenvalue weighted by Gasteiger charge is 2.26. The molecule has 0 radical (unpaired) electrons. The van der Waals surface area contributed by atoms with Crippen molar-refractivity contribution in [1.29, 1.82) is 0 Å². The third-order valence-electron chi connectivity index (χ3n) is 3.72. The summed E-state index contributed by atoms with van der Waals surface area (Å²) in [6, 6.07) is 6.49. The summed E-state index contributed by atoms with van der Waals surface area (Å²) in [4.78, 5) is 2.24. The van der Waals surface area contributed by atoms with Crippen LogP contribution in [-0.4, -0.2) is 63.6 Å². The third kappa shape index (κ3) is 4.18. The van der Waals surface area contributed by atoms with Crippen LogP contribution in [0.1, 0.15) is 13.3 Å². The molecule has 0 spiro atoms. The molecule has 0 saturated carbocycles. The van der Waals surface area contributed by atoms with E-state index in [1.807, 2.05) is 11.8 Å². The fourth-order valence-corrected chi connectivity index (χ4v) is 4.02. The summed E-state index contributed by atoms with van der Waals surface area (Å²) >= 11 is 0. The number of ether oxygens (including phenoxy) is 1. The fourth-order valence-electron chi connectivity index (χ4n) is 2.55. The Balaban J connectivity index is 2.09. The van der Waals surface area contributed by atoms with Crippen molar-refractivity contribution in [2.24, 2.45) is 0 Å². The van der Waals surface area contributed by atoms with Gasteiger partial charge in [0.25, 0.3) is 0 Å². The maximum absolute atomic E-state index is 12.7. The second kappa shape index (κ2) is 7.89. The van der Waals surface area contributed by atoms with Gasteiger partial charge >= 0.3 is 0 Å². The van der Waals surface area contributed by atoms with Crippen LogP contribution < -0.4 is 4.74 Å². The van der Waals surface area contributed by atoms with E-state index in [-0.39, 0.29) is 4.90 Å². The molecule has 1 fully saturated rings. The number of alkyl halides is 1. The minimum Gasteiger partial charge on any atom is -0.494 e. The Morgan fingerprint density at radius 1 is 1.14 bits per heavy atom. The van der Waals surface area contributed by atoms with Crippen LogP contribution in [0.25, 0.3) is 0 Å². The highest BCUT2D eigenvalue weighted by molar-refractivity contribution is 7.89. The van der Waals surface area contributed by atoms with E-state index >= 15 is 0 Å². The van der Waals surface area contributed by atoms with Gasteiger partial charge in [0.05, 0.1) is 11.5 Å². The van der Waals surface area contributed by atoms with Gasteiger partial charge in [-0.15, -0.1) is 0 Å². The largest absolute Gasteiger partial charge is 0.494 e. The number of rotatable bonds is 6. The lowest BCUT2D eigenvalue weighted by Crippen LogP contribution is -2.35. The molecule has 1 heterocycles. The lowest BCUT2D eigenvalue weighted by molar-refractivity contribution is 0.258. The first-order valence-corrected chi connectivity index (χ1v) is 9.03. The van der Waals surface area contributed by atoms with E-state index in [0.29, 0.717) is 38.5 Å². The first kappa shape index (κ1) is 17.2. The zero-order chi connectivity index (χ0) is 16.0. The van der Waals surface area contributed by atoms with E-state index in [4.69, 9.17) is 4.74 Å². The minimum atomic E-state index is -3.50. The van der Waals surface area contributed by atoms with Gasteiger partial charge in [0, 0.05) is 26.2 Å². The molecule has 124 valence electrons. The van der Waals surface area contributed by atoms with Gasteiger partial charge in [-0.3, -0.25) is 4.90 Å². The zero-order valence-corrected chi connectivity index (χ0v) is 13.7. The molecule has 1 saturated heterocycles. The summed E-state index contributed by atoms with van der Waals surface area (Å²) in [7, 11) is -3.50. The number of sulfonamides is 1. The number of hydrogen-bond acceptors (Lipinski definition) is 4. The van der Waals surface area contributed by atoms with E-state index in [9.17, 15) is 12.8 Å². The van der Waals surface area contributed by atoms with Gasteiger partial charge in [-0.05, 0) is 44.2 Å². The minimum absolute atomic E-state index is 0.273. The highest BCUT2D eigenvalue weighted by Crippen LogP contribution is 2.20. The summed E-state index contributed by atoms with van der Waals surface area (Å²) in [5, 5.41) is 0. The molecule has 0 aromatic heterocycles. The first-order chi connectivity index (χ1) is 10.6. The molecule has 2 rings (SSSR count). The second-order valence-electron chi connectivity index (χ2n) is 5.19. The van der Waals surface area contributed by atoms with Crippen molar-refractivity contribution in [1.82, 2.24) is 9.21 Å². The molecular weight excluding hydrogens is 307 g/mol. The summed E-state index contributed by atoms with van der Waals surface area (Å²) in [6.45, 7) is 4.57. The molecule has 0 bridgehead atoms. The topological polar surface area (TPSA) is 49.9 Å². The fraction of sp³-hybridized carbons (Fsp3) is 0.600. The lowest BCUT2D eigenvalue weighted by Gasteiger charge is -2.21. The van der Waals surface area contributed by atoms with Gasteiger partial charge < -0.3 is 4.74 Å². The lowest BCUT2D eigenvalue weighted by atomic mass is 10.3. The Hall–Kier alpha value is -1.18. The highest BCUT2D eigenvalue weighted by atomic mass is 32.2. The van der Waals surface area contributed by atoms with Crippen LogP contribution in [0, 0.1) is 0 Å². The van der Waals surface area contributed by atoms with E-state index in [1.54, 1.807) is 24.3 Å². The van der Waals surface area contributed by atoms with E-state index < -0.39 is 16.7 Å². The Kier molecular flexibility index (Phi) is 6.16. The summed E-state index contributed by atoms with van der Waals surface area (Å²) < 4.78 is 44.6. The average Bonchev–Trinajstić information content (AvgIpc) is 2.75. The molecule has 7 heteroatoms.